The molecule has 6 heteroatoms. The molecule has 0 aliphatic heterocycles. The second kappa shape index (κ2) is 5.11. The van der Waals surface area contributed by atoms with Crippen molar-refractivity contribution in [2.24, 2.45) is 0 Å². The number of rotatable bonds is 4. The predicted octanol–water partition coefficient (Wildman–Crippen LogP) is 1.79. The Balaban J connectivity index is 1.92. The summed E-state index contributed by atoms with van der Waals surface area (Å²) in [5.74, 6) is 1.15. The summed E-state index contributed by atoms with van der Waals surface area (Å²) in [6, 6.07) is 5.72. The fraction of sp³-hybridized carbons (Fsp3) is 0.231. The van der Waals surface area contributed by atoms with Crippen molar-refractivity contribution in [3.8, 4) is 11.4 Å². The van der Waals surface area contributed by atoms with Crippen LogP contribution in [0.5, 0.6) is 0 Å². The van der Waals surface area contributed by atoms with Gasteiger partial charge >= 0.3 is 0 Å². The number of fused-ring (bicyclic) bond motifs is 1. The molecule has 3 aromatic rings. The van der Waals surface area contributed by atoms with Gasteiger partial charge in [0, 0.05) is 18.0 Å². The van der Waals surface area contributed by atoms with Gasteiger partial charge in [-0.1, -0.05) is 12.1 Å². The van der Waals surface area contributed by atoms with Crippen molar-refractivity contribution in [3.05, 3.63) is 36.5 Å². The van der Waals surface area contributed by atoms with Gasteiger partial charge in [0.15, 0.2) is 0 Å². The van der Waals surface area contributed by atoms with Gasteiger partial charge in [-0.2, -0.15) is 4.98 Å². The largest absolute Gasteiger partial charge is 0.338 e. The summed E-state index contributed by atoms with van der Waals surface area (Å²) in [5.41, 5.74) is 2.54. The van der Waals surface area contributed by atoms with E-state index < -0.39 is 0 Å². The number of nitrogens with one attached hydrogen (secondary N) is 1. The minimum atomic E-state index is 0.570. The lowest BCUT2D eigenvalue weighted by Crippen LogP contribution is -2.11. The van der Waals surface area contributed by atoms with Gasteiger partial charge in [0.2, 0.25) is 11.7 Å². The number of hydrogen-bond acceptors (Lipinski definition) is 6. The lowest BCUT2D eigenvalue weighted by molar-refractivity contribution is 0.369. The van der Waals surface area contributed by atoms with E-state index in [-0.39, 0.29) is 0 Å². The molecule has 0 saturated carbocycles. The first-order valence-electron chi connectivity index (χ1n) is 6.11. The molecule has 0 bridgehead atoms. The summed E-state index contributed by atoms with van der Waals surface area (Å²) in [6.07, 6.45) is 3.34. The molecule has 0 unspecified atom stereocenters. The van der Waals surface area contributed by atoms with Gasteiger partial charge < -0.3 is 9.84 Å². The maximum atomic E-state index is 5.17. The van der Waals surface area contributed by atoms with Crippen LogP contribution in [0.15, 0.2) is 35.1 Å². The zero-order valence-electron chi connectivity index (χ0n) is 10.5. The standard InChI is InChI=1S/C13H13N5O/c1-2-14-8-12-17-13(18-19-12)9-3-4-10-11(7-9)16-6-5-15-10/h3-7,14H,2,8H2,1H3. The second-order valence-electron chi connectivity index (χ2n) is 4.05. The van der Waals surface area contributed by atoms with Gasteiger partial charge in [-0.05, 0) is 24.7 Å². The van der Waals surface area contributed by atoms with Gasteiger partial charge in [0.1, 0.15) is 0 Å². The highest BCUT2D eigenvalue weighted by Crippen LogP contribution is 2.19. The summed E-state index contributed by atoms with van der Waals surface area (Å²) >= 11 is 0. The van der Waals surface area contributed by atoms with E-state index >= 15 is 0 Å². The molecular weight excluding hydrogens is 242 g/mol. The molecule has 1 aromatic carbocycles. The molecule has 96 valence electrons. The number of aromatic nitrogens is 4. The zero-order valence-corrected chi connectivity index (χ0v) is 10.5. The fourth-order valence-corrected chi connectivity index (χ4v) is 1.78. The highest BCUT2D eigenvalue weighted by molar-refractivity contribution is 5.79. The number of benzene rings is 1. The van der Waals surface area contributed by atoms with Crippen LogP contribution in [-0.2, 0) is 6.54 Å². The molecule has 0 amide bonds. The molecule has 0 fully saturated rings. The number of nitrogens with zero attached hydrogens (tertiary/aromatic N) is 4. The topological polar surface area (TPSA) is 76.7 Å². The van der Waals surface area contributed by atoms with Gasteiger partial charge in [0.05, 0.1) is 17.6 Å². The number of hydrogen-bond donors (Lipinski definition) is 1. The SMILES string of the molecule is CCNCc1nc(-c2ccc3nccnc3c2)no1. The van der Waals surface area contributed by atoms with Crippen molar-refractivity contribution in [1.29, 1.82) is 0 Å². The minimum absolute atomic E-state index is 0.570. The van der Waals surface area contributed by atoms with Crippen molar-refractivity contribution in [1.82, 2.24) is 25.4 Å². The Kier molecular flexibility index (Phi) is 3.16. The average Bonchev–Trinajstić information content (AvgIpc) is 2.93. The normalized spacial score (nSPS) is 11.0. The van der Waals surface area contributed by atoms with Gasteiger partial charge in [0.25, 0.3) is 0 Å². The maximum Gasteiger partial charge on any atom is 0.240 e. The monoisotopic (exact) mass is 255 g/mol. The van der Waals surface area contributed by atoms with E-state index in [1.165, 1.54) is 0 Å². The molecule has 6 nitrogen and oxygen atoms in total. The fourth-order valence-electron chi connectivity index (χ4n) is 1.78. The van der Waals surface area contributed by atoms with Crippen LogP contribution in [0.4, 0.5) is 0 Å². The van der Waals surface area contributed by atoms with E-state index in [1.54, 1.807) is 12.4 Å². The Hall–Kier alpha value is -2.34. The summed E-state index contributed by atoms with van der Waals surface area (Å²) in [4.78, 5) is 12.8. The lowest BCUT2D eigenvalue weighted by atomic mass is 10.2. The minimum Gasteiger partial charge on any atom is -0.338 e. The first-order valence-corrected chi connectivity index (χ1v) is 6.11. The third-order valence-electron chi connectivity index (χ3n) is 2.72. The summed E-state index contributed by atoms with van der Waals surface area (Å²) in [6.45, 7) is 3.47. The molecule has 1 N–H and O–H groups in total. The van der Waals surface area contributed by atoms with Crippen molar-refractivity contribution < 1.29 is 4.52 Å². The molecule has 0 saturated heterocycles. The Labute approximate surface area is 109 Å². The van der Waals surface area contributed by atoms with Crippen molar-refractivity contribution in [2.75, 3.05) is 6.54 Å². The van der Waals surface area contributed by atoms with E-state index in [0.29, 0.717) is 18.3 Å². The molecule has 19 heavy (non-hydrogen) atoms. The molecule has 0 atom stereocenters. The van der Waals surface area contributed by atoms with Crippen LogP contribution >= 0.6 is 0 Å². The molecular formula is C13H13N5O. The van der Waals surface area contributed by atoms with E-state index in [4.69, 9.17) is 4.52 Å². The van der Waals surface area contributed by atoms with E-state index in [0.717, 1.165) is 23.1 Å². The second-order valence-corrected chi connectivity index (χ2v) is 4.05. The van der Waals surface area contributed by atoms with Crippen LogP contribution in [0.3, 0.4) is 0 Å². The first-order chi connectivity index (χ1) is 9.36. The molecule has 0 aliphatic rings. The quantitative estimate of drug-likeness (QED) is 0.765. The average molecular weight is 255 g/mol. The molecule has 0 aliphatic carbocycles. The highest BCUT2D eigenvalue weighted by atomic mass is 16.5. The zero-order chi connectivity index (χ0) is 13.1. The van der Waals surface area contributed by atoms with E-state index in [2.05, 4.69) is 25.4 Å². The van der Waals surface area contributed by atoms with E-state index in [1.807, 2.05) is 25.1 Å². The summed E-state index contributed by atoms with van der Waals surface area (Å²) in [5, 5.41) is 7.11. The summed E-state index contributed by atoms with van der Waals surface area (Å²) < 4.78 is 5.17. The molecule has 0 spiro atoms. The lowest BCUT2D eigenvalue weighted by Gasteiger charge is -1.97. The van der Waals surface area contributed by atoms with Crippen LogP contribution in [0.1, 0.15) is 12.8 Å². The molecule has 0 radical (unpaired) electrons. The van der Waals surface area contributed by atoms with Crippen LogP contribution < -0.4 is 5.32 Å². The van der Waals surface area contributed by atoms with Crippen molar-refractivity contribution in [3.63, 3.8) is 0 Å². The Bertz CT molecular complexity index is 694. The predicted molar refractivity (Wildman–Crippen MR) is 70.2 cm³/mol. The van der Waals surface area contributed by atoms with Gasteiger partial charge in [-0.15, -0.1) is 0 Å². The third-order valence-corrected chi connectivity index (χ3v) is 2.72. The van der Waals surface area contributed by atoms with Crippen molar-refractivity contribution >= 4 is 11.0 Å². The first kappa shape index (κ1) is 11.7. The van der Waals surface area contributed by atoms with Gasteiger partial charge in [-0.3, -0.25) is 9.97 Å². The maximum absolute atomic E-state index is 5.17. The molecule has 3 rings (SSSR count). The highest BCUT2D eigenvalue weighted by Gasteiger charge is 2.09. The van der Waals surface area contributed by atoms with Crippen LogP contribution in [-0.4, -0.2) is 26.7 Å². The summed E-state index contributed by atoms with van der Waals surface area (Å²) in [7, 11) is 0. The van der Waals surface area contributed by atoms with Crippen LogP contribution in [0.25, 0.3) is 22.4 Å². The van der Waals surface area contributed by atoms with Crippen molar-refractivity contribution in [2.45, 2.75) is 13.5 Å². The smallest absolute Gasteiger partial charge is 0.240 e. The Morgan fingerprint density at radius 3 is 2.84 bits per heavy atom. The molecule has 2 heterocycles. The Morgan fingerprint density at radius 1 is 1.16 bits per heavy atom. The van der Waals surface area contributed by atoms with Gasteiger partial charge in [-0.25, -0.2) is 0 Å². The Morgan fingerprint density at radius 2 is 2.00 bits per heavy atom. The van der Waals surface area contributed by atoms with Crippen LogP contribution in [0.2, 0.25) is 0 Å². The van der Waals surface area contributed by atoms with Crippen LogP contribution in [0, 0.1) is 0 Å². The molecule has 2 aromatic heterocycles. The third kappa shape index (κ3) is 2.43. The van der Waals surface area contributed by atoms with E-state index in [9.17, 15) is 0 Å².